The summed E-state index contributed by atoms with van der Waals surface area (Å²) in [6.07, 6.45) is 0. The molecule has 1 rings (SSSR count). The number of carbonyl (C=O) groups excluding carboxylic acids is 2. The number of hydrogen-bond donors (Lipinski definition) is 2. The van der Waals surface area contributed by atoms with Crippen molar-refractivity contribution >= 4 is 23.3 Å². The van der Waals surface area contributed by atoms with Crippen molar-refractivity contribution in [3.05, 3.63) is 24.3 Å². The molecule has 2 N–H and O–H groups in total. The molecule has 126 valence electrons. The third kappa shape index (κ3) is 6.37. The Kier molecular flexibility index (Phi) is 7.59. The van der Waals surface area contributed by atoms with Gasteiger partial charge in [-0.25, -0.2) is 5.43 Å². The zero-order chi connectivity index (χ0) is 17.2. The number of nitrogens with zero attached hydrogens (tertiary/aromatic N) is 1. The topological polar surface area (TPSA) is 89.0 Å². The maximum atomic E-state index is 11.7. The quantitative estimate of drug-likeness (QED) is 0.433. The third-order valence-electron chi connectivity index (χ3n) is 3.17. The van der Waals surface area contributed by atoms with Crippen LogP contribution in [0.1, 0.15) is 20.8 Å². The molecule has 0 spiro atoms. The number of rotatable bonds is 8. The Bertz CT molecular complexity index is 555. The first kappa shape index (κ1) is 18.5. The van der Waals surface area contributed by atoms with Gasteiger partial charge in [0.15, 0.2) is 0 Å². The first-order valence-corrected chi connectivity index (χ1v) is 7.35. The van der Waals surface area contributed by atoms with Crippen molar-refractivity contribution in [1.29, 1.82) is 0 Å². The van der Waals surface area contributed by atoms with Crippen LogP contribution in [0.2, 0.25) is 0 Å². The van der Waals surface area contributed by atoms with Crippen molar-refractivity contribution in [2.75, 3.05) is 25.6 Å². The van der Waals surface area contributed by atoms with Crippen LogP contribution in [0.15, 0.2) is 29.4 Å². The van der Waals surface area contributed by atoms with Crippen molar-refractivity contribution in [3.63, 3.8) is 0 Å². The van der Waals surface area contributed by atoms with E-state index in [0.717, 1.165) is 11.4 Å². The zero-order valence-corrected chi connectivity index (χ0v) is 13.9. The highest BCUT2D eigenvalue weighted by atomic mass is 16.5. The smallest absolute Gasteiger partial charge is 0.314 e. The van der Waals surface area contributed by atoms with Crippen LogP contribution in [0.4, 0.5) is 5.69 Å². The molecule has 1 aromatic rings. The summed E-state index contributed by atoms with van der Waals surface area (Å²) >= 11 is 0. The molecule has 1 unspecified atom stereocenters. The monoisotopic (exact) mass is 321 g/mol. The molecule has 0 fully saturated rings. The van der Waals surface area contributed by atoms with Crippen LogP contribution >= 0.6 is 0 Å². The van der Waals surface area contributed by atoms with E-state index in [4.69, 9.17) is 9.47 Å². The normalized spacial score (nSPS) is 12.3. The maximum Gasteiger partial charge on any atom is 0.314 e. The van der Waals surface area contributed by atoms with E-state index in [0.29, 0.717) is 12.3 Å². The van der Waals surface area contributed by atoms with Gasteiger partial charge < -0.3 is 14.8 Å². The van der Waals surface area contributed by atoms with Crippen molar-refractivity contribution < 1.29 is 19.1 Å². The van der Waals surface area contributed by atoms with Gasteiger partial charge in [-0.2, -0.15) is 5.10 Å². The summed E-state index contributed by atoms with van der Waals surface area (Å²) in [5.41, 5.74) is 3.69. The number of anilines is 1. The summed E-state index contributed by atoms with van der Waals surface area (Å²) < 4.78 is 9.96. The number of esters is 1. The molecule has 0 aliphatic carbocycles. The molecule has 0 heterocycles. The largest absolute Gasteiger partial charge is 0.497 e. The number of hydrazone groups is 1. The van der Waals surface area contributed by atoms with Crippen LogP contribution in [-0.4, -0.2) is 37.8 Å². The van der Waals surface area contributed by atoms with Gasteiger partial charge in [-0.1, -0.05) is 0 Å². The number of nitrogens with one attached hydrogen (secondary N) is 2. The number of ether oxygens (including phenoxy) is 2. The minimum atomic E-state index is -0.496. The number of methoxy groups -OCH3 is 1. The highest BCUT2D eigenvalue weighted by Gasteiger charge is 2.17. The maximum absolute atomic E-state index is 11.7. The van der Waals surface area contributed by atoms with Crippen molar-refractivity contribution in [1.82, 2.24) is 5.43 Å². The predicted molar refractivity (Wildman–Crippen MR) is 88.5 cm³/mol. The standard InChI is InChI=1S/C16H23N3O4/c1-5-23-16(21)11(2)12(3)18-19-15(20)10-17-13-6-8-14(22-4)9-7-13/h6-9,11,17H,5,10H2,1-4H3,(H,19,20). The summed E-state index contributed by atoms with van der Waals surface area (Å²) in [7, 11) is 1.59. The average molecular weight is 321 g/mol. The number of hydrogen-bond acceptors (Lipinski definition) is 6. The fraction of sp³-hybridized carbons (Fsp3) is 0.438. The van der Waals surface area contributed by atoms with Crippen molar-refractivity contribution in [2.45, 2.75) is 20.8 Å². The molecule has 0 aromatic heterocycles. The van der Waals surface area contributed by atoms with E-state index in [9.17, 15) is 9.59 Å². The summed E-state index contributed by atoms with van der Waals surface area (Å²) in [6, 6.07) is 7.21. The van der Waals surface area contributed by atoms with Crippen LogP contribution in [0.25, 0.3) is 0 Å². The van der Waals surface area contributed by atoms with Gasteiger partial charge in [0, 0.05) is 11.4 Å². The van der Waals surface area contributed by atoms with Gasteiger partial charge >= 0.3 is 5.97 Å². The van der Waals surface area contributed by atoms with E-state index in [1.54, 1.807) is 40.0 Å². The Morgan fingerprint density at radius 2 is 1.91 bits per heavy atom. The second-order valence-corrected chi connectivity index (χ2v) is 4.84. The second-order valence-electron chi connectivity index (χ2n) is 4.84. The second kappa shape index (κ2) is 9.45. The minimum Gasteiger partial charge on any atom is -0.497 e. The minimum absolute atomic E-state index is 0.0664. The molecule has 0 radical (unpaired) electrons. The molecule has 0 bridgehead atoms. The van der Waals surface area contributed by atoms with Gasteiger partial charge in [0.25, 0.3) is 5.91 Å². The summed E-state index contributed by atoms with van der Waals surface area (Å²) in [6.45, 7) is 5.46. The van der Waals surface area contributed by atoms with Crippen molar-refractivity contribution in [2.24, 2.45) is 11.0 Å². The summed E-state index contributed by atoms with van der Waals surface area (Å²) in [5, 5.41) is 6.89. The molecule has 0 saturated carbocycles. The van der Waals surface area contributed by atoms with E-state index in [1.165, 1.54) is 0 Å². The number of amides is 1. The van der Waals surface area contributed by atoms with E-state index in [2.05, 4.69) is 15.8 Å². The molecule has 0 aliphatic rings. The van der Waals surface area contributed by atoms with Gasteiger partial charge in [0.05, 0.1) is 26.2 Å². The molecule has 0 aliphatic heterocycles. The van der Waals surface area contributed by atoms with E-state index < -0.39 is 5.92 Å². The highest BCUT2D eigenvalue weighted by molar-refractivity contribution is 6.00. The number of carbonyl (C=O) groups is 2. The average Bonchev–Trinajstić information content (AvgIpc) is 2.57. The van der Waals surface area contributed by atoms with Crippen LogP contribution < -0.4 is 15.5 Å². The molecule has 1 atom stereocenters. The zero-order valence-electron chi connectivity index (χ0n) is 13.9. The first-order valence-electron chi connectivity index (χ1n) is 7.35. The Hall–Kier alpha value is -2.57. The fourth-order valence-electron chi connectivity index (χ4n) is 1.62. The lowest BCUT2D eigenvalue weighted by Crippen LogP contribution is -2.29. The van der Waals surface area contributed by atoms with Crippen LogP contribution in [0, 0.1) is 5.92 Å². The Labute approximate surface area is 136 Å². The van der Waals surface area contributed by atoms with Crippen LogP contribution in [-0.2, 0) is 14.3 Å². The highest BCUT2D eigenvalue weighted by Crippen LogP contribution is 2.14. The fourth-order valence-corrected chi connectivity index (χ4v) is 1.62. The lowest BCUT2D eigenvalue weighted by molar-refractivity contribution is -0.145. The molecule has 23 heavy (non-hydrogen) atoms. The first-order chi connectivity index (χ1) is 11.0. The molecular weight excluding hydrogens is 298 g/mol. The molecule has 7 nitrogen and oxygen atoms in total. The third-order valence-corrected chi connectivity index (χ3v) is 3.17. The van der Waals surface area contributed by atoms with E-state index in [1.807, 2.05) is 12.1 Å². The molecule has 1 aromatic carbocycles. The van der Waals surface area contributed by atoms with Gasteiger partial charge in [0.1, 0.15) is 5.75 Å². The molecule has 0 saturated heterocycles. The predicted octanol–water partition coefficient (Wildman–Crippen LogP) is 1.80. The SMILES string of the molecule is CCOC(=O)C(C)C(C)=NNC(=O)CNc1ccc(OC)cc1. The van der Waals surface area contributed by atoms with Gasteiger partial charge in [-0.05, 0) is 45.0 Å². The van der Waals surface area contributed by atoms with Gasteiger partial charge in [-0.15, -0.1) is 0 Å². The van der Waals surface area contributed by atoms with E-state index in [-0.39, 0.29) is 18.4 Å². The lowest BCUT2D eigenvalue weighted by atomic mass is 10.1. The van der Waals surface area contributed by atoms with Crippen LogP contribution in [0.3, 0.4) is 0 Å². The molecule has 7 heteroatoms. The number of benzene rings is 1. The Morgan fingerprint density at radius 3 is 2.48 bits per heavy atom. The molecular formula is C16H23N3O4. The Morgan fingerprint density at radius 1 is 1.26 bits per heavy atom. The molecule has 1 amide bonds. The van der Waals surface area contributed by atoms with Crippen molar-refractivity contribution in [3.8, 4) is 5.75 Å². The van der Waals surface area contributed by atoms with Crippen LogP contribution in [0.5, 0.6) is 5.75 Å². The van der Waals surface area contributed by atoms with E-state index >= 15 is 0 Å². The van der Waals surface area contributed by atoms with Gasteiger partial charge in [0.2, 0.25) is 0 Å². The van der Waals surface area contributed by atoms with Gasteiger partial charge in [-0.3, -0.25) is 9.59 Å². The lowest BCUT2D eigenvalue weighted by Gasteiger charge is -2.10. The summed E-state index contributed by atoms with van der Waals surface area (Å²) in [5.74, 6) is -0.423. The summed E-state index contributed by atoms with van der Waals surface area (Å²) in [4.78, 5) is 23.3. The Balaban J connectivity index is 2.43.